The van der Waals surface area contributed by atoms with E-state index in [-0.39, 0.29) is 43.7 Å². The first-order valence-corrected chi connectivity index (χ1v) is 12.0. The number of primary amides is 1. The Morgan fingerprint density at radius 3 is 2.42 bits per heavy atom. The Balaban J connectivity index is 2.18. The van der Waals surface area contributed by atoms with Gasteiger partial charge < -0.3 is 26.1 Å². The van der Waals surface area contributed by atoms with Crippen LogP contribution in [-0.4, -0.2) is 53.5 Å². The van der Waals surface area contributed by atoms with E-state index in [2.05, 4.69) is 15.6 Å². The summed E-state index contributed by atoms with van der Waals surface area (Å²) < 4.78 is 42.4. The number of alkyl halides is 3. The molecule has 0 spiro atoms. The van der Waals surface area contributed by atoms with Gasteiger partial charge in [0.1, 0.15) is 11.7 Å². The molecule has 12 heteroatoms. The average molecular weight is 537 g/mol. The number of aromatic nitrogens is 1. The maximum atomic E-state index is 13.2. The standard InChI is InChI=1S/C26H31F3N4O5/c1-2-38-23(35)13-10-18(9-12-22(30)34)32-25(37)21(16-17-6-4-3-5-7-17)33-24(36)20-11-8-19(31-20)14-15-26(27,28)29/h3-8,10-11,13,18,21,31H,2,9,12,14-16H2,1H3,(H2,30,34)(H,32,37)(H,33,36)/b13-10+. The number of amides is 3. The molecular weight excluding hydrogens is 505 g/mol. The van der Waals surface area contributed by atoms with Gasteiger partial charge in [-0.2, -0.15) is 13.2 Å². The zero-order valence-electron chi connectivity index (χ0n) is 20.8. The number of hydrogen-bond acceptors (Lipinski definition) is 5. The molecule has 1 heterocycles. The summed E-state index contributed by atoms with van der Waals surface area (Å²) in [4.78, 5) is 51.8. The molecule has 0 bridgehead atoms. The molecular formula is C26H31F3N4O5. The molecule has 5 N–H and O–H groups in total. The molecule has 0 saturated carbocycles. The number of carbonyl (C=O) groups is 4. The predicted molar refractivity (Wildman–Crippen MR) is 133 cm³/mol. The van der Waals surface area contributed by atoms with Crippen LogP contribution in [0.15, 0.2) is 54.6 Å². The van der Waals surface area contributed by atoms with E-state index in [1.807, 2.05) is 0 Å². The number of nitrogens with two attached hydrogens (primary N) is 1. The van der Waals surface area contributed by atoms with E-state index in [1.165, 1.54) is 18.2 Å². The van der Waals surface area contributed by atoms with Gasteiger partial charge in [0, 0.05) is 37.1 Å². The Labute approximate surface area is 218 Å². The Morgan fingerprint density at radius 1 is 1.08 bits per heavy atom. The first-order chi connectivity index (χ1) is 18.0. The highest BCUT2D eigenvalue weighted by Crippen LogP contribution is 2.22. The topological polar surface area (TPSA) is 143 Å². The fourth-order valence-corrected chi connectivity index (χ4v) is 3.47. The van der Waals surface area contributed by atoms with Gasteiger partial charge >= 0.3 is 12.1 Å². The van der Waals surface area contributed by atoms with Crippen molar-refractivity contribution < 1.29 is 37.1 Å². The van der Waals surface area contributed by atoms with E-state index >= 15 is 0 Å². The minimum atomic E-state index is -4.33. The first-order valence-electron chi connectivity index (χ1n) is 12.0. The van der Waals surface area contributed by atoms with E-state index in [1.54, 1.807) is 37.3 Å². The van der Waals surface area contributed by atoms with Gasteiger partial charge in [0.05, 0.1) is 6.61 Å². The minimum Gasteiger partial charge on any atom is -0.463 e. The summed E-state index contributed by atoms with van der Waals surface area (Å²) in [5.74, 6) is -2.52. The molecule has 0 aliphatic rings. The van der Waals surface area contributed by atoms with Crippen molar-refractivity contribution in [2.45, 2.75) is 57.3 Å². The number of aryl methyl sites for hydroxylation is 1. The van der Waals surface area contributed by atoms with E-state index < -0.39 is 48.4 Å². The molecule has 1 aromatic heterocycles. The SMILES string of the molecule is CCOC(=O)/C=C/C(CCC(N)=O)NC(=O)C(Cc1ccccc1)NC(=O)c1ccc(CCC(F)(F)F)[nH]1. The largest absolute Gasteiger partial charge is 0.463 e. The zero-order chi connectivity index (χ0) is 28.1. The maximum absolute atomic E-state index is 13.2. The smallest absolute Gasteiger partial charge is 0.389 e. The van der Waals surface area contributed by atoms with Crippen molar-refractivity contribution in [2.75, 3.05) is 6.61 Å². The molecule has 1 aromatic carbocycles. The number of halogens is 3. The van der Waals surface area contributed by atoms with Gasteiger partial charge in [-0.15, -0.1) is 0 Å². The highest BCUT2D eigenvalue weighted by Gasteiger charge is 2.27. The number of carbonyl (C=O) groups excluding carboxylic acids is 4. The van der Waals surface area contributed by atoms with Crippen molar-refractivity contribution in [3.8, 4) is 0 Å². The lowest BCUT2D eigenvalue weighted by Crippen LogP contribution is -2.50. The molecule has 2 unspecified atom stereocenters. The normalized spacial score (nSPS) is 13.1. The van der Waals surface area contributed by atoms with Crippen LogP contribution in [-0.2, 0) is 32.0 Å². The molecule has 2 atom stereocenters. The van der Waals surface area contributed by atoms with Gasteiger partial charge in [-0.25, -0.2) is 4.79 Å². The number of H-pyrrole nitrogens is 1. The third kappa shape index (κ3) is 11.3. The summed E-state index contributed by atoms with van der Waals surface area (Å²) in [5, 5.41) is 5.31. The van der Waals surface area contributed by atoms with Gasteiger partial charge in [-0.3, -0.25) is 14.4 Å². The lowest BCUT2D eigenvalue weighted by atomic mass is 10.0. The molecule has 3 amide bonds. The van der Waals surface area contributed by atoms with Crippen LogP contribution >= 0.6 is 0 Å². The molecule has 0 saturated heterocycles. The second-order valence-corrected chi connectivity index (χ2v) is 8.46. The average Bonchev–Trinajstić information content (AvgIpc) is 3.33. The quantitative estimate of drug-likeness (QED) is 0.217. The molecule has 38 heavy (non-hydrogen) atoms. The van der Waals surface area contributed by atoms with Crippen LogP contribution in [0.25, 0.3) is 0 Å². The van der Waals surface area contributed by atoms with Crippen LogP contribution in [0.1, 0.15) is 47.9 Å². The molecule has 0 fully saturated rings. The van der Waals surface area contributed by atoms with Gasteiger partial charge in [0.25, 0.3) is 5.91 Å². The van der Waals surface area contributed by atoms with Crippen LogP contribution in [0.5, 0.6) is 0 Å². The maximum Gasteiger partial charge on any atom is 0.389 e. The number of rotatable bonds is 14. The second-order valence-electron chi connectivity index (χ2n) is 8.46. The zero-order valence-corrected chi connectivity index (χ0v) is 20.8. The highest BCUT2D eigenvalue weighted by molar-refractivity contribution is 5.96. The van der Waals surface area contributed by atoms with Crippen LogP contribution in [0.4, 0.5) is 13.2 Å². The lowest BCUT2D eigenvalue weighted by Gasteiger charge is -2.22. The van der Waals surface area contributed by atoms with E-state index in [4.69, 9.17) is 10.5 Å². The summed E-state index contributed by atoms with van der Waals surface area (Å²) in [6, 6.07) is 9.72. The number of ether oxygens (including phenoxy) is 1. The summed E-state index contributed by atoms with van der Waals surface area (Å²) in [7, 11) is 0. The van der Waals surface area contributed by atoms with Gasteiger partial charge in [-0.1, -0.05) is 36.4 Å². The fraction of sp³-hybridized carbons (Fsp3) is 0.385. The van der Waals surface area contributed by atoms with Crippen molar-refractivity contribution in [3.63, 3.8) is 0 Å². The number of esters is 1. The van der Waals surface area contributed by atoms with Crippen LogP contribution in [0.3, 0.4) is 0 Å². The van der Waals surface area contributed by atoms with E-state index in [0.29, 0.717) is 0 Å². The van der Waals surface area contributed by atoms with Crippen molar-refractivity contribution in [3.05, 3.63) is 71.6 Å². The van der Waals surface area contributed by atoms with Crippen LogP contribution in [0.2, 0.25) is 0 Å². The number of hydrogen-bond donors (Lipinski definition) is 4. The summed E-state index contributed by atoms with van der Waals surface area (Å²) >= 11 is 0. The summed E-state index contributed by atoms with van der Waals surface area (Å²) in [5.41, 5.74) is 6.19. The van der Waals surface area contributed by atoms with Gasteiger partial charge in [0.2, 0.25) is 11.8 Å². The third-order valence-electron chi connectivity index (χ3n) is 5.35. The summed E-state index contributed by atoms with van der Waals surface area (Å²) in [6.45, 7) is 1.79. The monoisotopic (exact) mass is 536 g/mol. The van der Waals surface area contributed by atoms with Gasteiger partial charge in [-0.05, 0) is 37.5 Å². The molecule has 2 rings (SSSR count). The number of benzene rings is 1. The number of nitrogens with one attached hydrogen (secondary N) is 3. The van der Waals surface area contributed by atoms with Crippen LogP contribution in [0, 0.1) is 0 Å². The second kappa shape index (κ2) is 14.6. The Bertz CT molecular complexity index is 1120. The first kappa shape index (κ1) is 30.1. The molecule has 206 valence electrons. The van der Waals surface area contributed by atoms with Crippen LogP contribution < -0.4 is 16.4 Å². The van der Waals surface area contributed by atoms with E-state index in [9.17, 15) is 32.3 Å². The number of aromatic amines is 1. The Morgan fingerprint density at radius 2 is 1.79 bits per heavy atom. The Kier molecular flexibility index (Phi) is 11.6. The lowest BCUT2D eigenvalue weighted by molar-refractivity contribution is -0.137. The molecule has 2 aromatic rings. The molecule has 9 nitrogen and oxygen atoms in total. The highest BCUT2D eigenvalue weighted by atomic mass is 19.4. The van der Waals surface area contributed by atoms with E-state index in [0.717, 1.165) is 11.6 Å². The van der Waals surface area contributed by atoms with Crippen molar-refractivity contribution in [1.82, 2.24) is 15.6 Å². The fourth-order valence-electron chi connectivity index (χ4n) is 3.47. The van der Waals surface area contributed by atoms with Crippen molar-refractivity contribution >= 4 is 23.7 Å². The summed E-state index contributed by atoms with van der Waals surface area (Å²) in [6.07, 6.45) is -3.07. The molecule has 0 aliphatic carbocycles. The van der Waals surface area contributed by atoms with Crippen molar-refractivity contribution in [2.24, 2.45) is 5.73 Å². The molecule has 0 radical (unpaired) electrons. The third-order valence-corrected chi connectivity index (χ3v) is 5.35. The Hall–Kier alpha value is -4.09. The van der Waals surface area contributed by atoms with Gasteiger partial charge in [0.15, 0.2) is 0 Å². The minimum absolute atomic E-state index is 0.000483. The predicted octanol–water partition coefficient (Wildman–Crippen LogP) is 2.72. The molecule has 0 aliphatic heterocycles. The van der Waals surface area contributed by atoms with Crippen molar-refractivity contribution in [1.29, 1.82) is 0 Å².